The van der Waals surface area contributed by atoms with Gasteiger partial charge >= 0.3 is 6.09 Å². The van der Waals surface area contributed by atoms with Crippen molar-refractivity contribution in [2.75, 3.05) is 19.8 Å². The van der Waals surface area contributed by atoms with Crippen LogP contribution in [0.4, 0.5) is 4.79 Å². The van der Waals surface area contributed by atoms with Crippen LogP contribution in [0.2, 0.25) is 0 Å². The molecule has 4 aromatic rings. The van der Waals surface area contributed by atoms with Gasteiger partial charge in [-0.25, -0.2) is 4.79 Å². The van der Waals surface area contributed by atoms with Gasteiger partial charge in [0, 0.05) is 18.3 Å². The molecule has 2 saturated heterocycles. The summed E-state index contributed by atoms with van der Waals surface area (Å²) >= 11 is 0. The van der Waals surface area contributed by atoms with E-state index < -0.39 is 0 Å². The van der Waals surface area contributed by atoms with Gasteiger partial charge in [0.2, 0.25) is 0 Å². The Kier molecular flexibility index (Phi) is 7.26. The number of carbonyl (C=O) groups excluding carboxylic acids is 2. The summed E-state index contributed by atoms with van der Waals surface area (Å²) in [5.74, 6) is 0.0658. The molecule has 2 aliphatic heterocycles. The van der Waals surface area contributed by atoms with E-state index in [1.54, 1.807) is 0 Å². The molecule has 1 amide bonds. The minimum absolute atomic E-state index is 0.00586. The molecule has 6 heteroatoms. The third-order valence-corrected chi connectivity index (χ3v) is 9.21. The summed E-state index contributed by atoms with van der Waals surface area (Å²) in [6.07, 6.45) is 1.18. The van der Waals surface area contributed by atoms with E-state index in [-0.39, 0.29) is 42.4 Å². The number of rotatable bonds is 6. The van der Waals surface area contributed by atoms with Gasteiger partial charge in [-0.1, -0.05) is 91.0 Å². The predicted octanol–water partition coefficient (Wildman–Crippen LogP) is 6.77. The summed E-state index contributed by atoms with van der Waals surface area (Å²) in [4.78, 5) is 28.8. The summed E-state index contributed by atoms with van der Waals surface area (Å²) in [7, 11) is 0. The number of amides is 1. The Balaban J connectivity index is 0.997. The largest absolute Gasteiger partial charge is 0.448 e. The molecule has 2 heterocycles. The Morgan fingerprint density at radius 3 is 2.00 bits per heavy atom. The Bertz CT molecular complexity index is 1660. The average Bonchev–Trinajstić information content (AvgIpc) is 3.37. The van der Waals surface area contributed by atoms with Crippen LogP contribution in [0.1, 0.15) is 41.0 Å². The van der Waals surface area contributed by atoms with Crippen molar-refractivity contribution in [3.63, 3.8) is 0 Å². The van der Waals surface area contributed by atoms with Crippen LogP contribution >= 0.6 is 0 Å². The first kappa shape index (κ1) is 27.1. The van der Waals surface area contributed by atoms with Crippen molar-refractivity contribution in [2.45, 2.75) is 37.3 Å². The Labute approximate surface area is 251 Å². The van der Waals surface area contributed by atoms with Crippen LogP contribution in [-0.2, 0) is 20.7 Å². The molecule has 2 unspecified atom stereocenters. The maximum atomic E-state index is 13.5. The van der Waals surface area contributed by atoms with E-state index in [1.807, 2.05) is 77.7 Å². The standard InChI is InChI=1S/C37H32N2O4/c38-20-26-7-1-2-8-30(26)25-15-13-24(14-16-25)17-36(40)27-18-28-21-42-22-29(19-27)39(28)37(41)43-23-35-33-11-5-3-9-31(33)32-10-4-6-12-34(32)35/h1-16,27-29,35H,17-19,21-23H2. The number of fused-ring (bicyclic) bond motifs is 5. The predicted molar refractivity (Wildman–Crippen MR) is 163 cm³/mol. The van der Waals surface area contributed by atoms with Crippen LogP contribution in [0.25, 0.3) is 22.3 Å². The Morgan fingerprint density at radius 2 is 1.37 bits per heavy atom. The van der Waals surface area contributed by atoms with Crippen molar-refractivity contribution in [2.24, 2.45) is 5.92 Å². The lowest BCUT2D eigenvalue weighted by atomic mass is 9.81. The highest BCUT2D eigenvalue weighted by Crippen LogP contribution is 2.45. The smallest absolute Gasteiger partial charge is 0.410 e. The van der Waals surface area contributed by atoms with E-state index in [1.165, 1.54) is 22.3 Å². The number of nitrogens with zero attached hydrogens (tertiary/aromatic N) is 2. The van der Waals surface area contributed by atoms with Gasteiger partial charge in [0.1, 0.15) is 12.4 Å². The van der Waals surface area contributed by atoms with Crippen LogP contribution in [-0.4, -0.2) is 48.7 Å². The monoisotopic (exact) mass is 568 g/mol. The van der Waals surface area contributed by atoms with Crippen molar-refractivity contribution >= 4 is 11.9 Å². The maximum absolute atomic E-state index is 13.5. The lowest BCUT2D eigenvalue weighted by Gasteiger charge is -2.47. The van der Waals surface area contributed by atoms with Crippen molar-refractivity contribution in [1.82, 2.24) is 4.90 Å². The zero-order valence-electron chi connectivity index (χ0n) is 23.8. The van der Waals surface area contributed by atoms with Gasteiger partial charge in [-0.15, -0.1) is 0 Å². The quantitative estimate of drug-likeness (QED) is 0.257. The molecule has 214 valence electrons. The number of ether oxygens (including phenoxy) is 2. The number of nitriles is 1. The van der Waals surface area contributed by atoms with Gasteiger partial charge in [0.25, 0.3) is 0 Å². The third kappa shape index (κ3) is 5.11. The Hall–Kier alpha value is -4.73. The van der Waals surface area contributed by atoms with Gasteiger partial charge in [0.15, 0.2) is 0 Å². The molecule has 2 bridgehead atoms. The van der Waals surface area contributed by atoms with E-state index in [0.29, 0.717) is 38.0 Å². The molecule has 2 atom stereocenters. The van der Waals surface area contributed by atoms with Crippen LogP contribution in [0, 0.1) is 17.2 Å². The summed E-state index contributed by atoms with van der Waals surface area (Å²) in [5, 5.41) is 9.43. The zero-order valence-corrected chi connectivity index (χ0v) is 23.8. The van der Waals surface area contributed by atoms with E-state index in [4.69, 9.17) is 9.47 Å². The number of morpholine rings is 1. The number of piperidine rings is 1. The molecule has 1 aliphatic carbocycles. The van der Waals surface area contributed by atoms with Crippen LogP contribution in [0.5, 0.6) is 0 Å². The third-order valence-electron chi connectivity index (χ3n) is 9.21. The first-order valence-electron chi connectivity index (χ1n) is 14.9. The van der Waals surface area contributed by atoms with E-state index in [0.717, 1.165) is 16.7 Å². The molecular formula is C37H32N2O4. The van der Waals surface area contributed by atoms with Gasteiger partial charge < -0.3 is 9.47 Å². The molecule has 7 rings (SSSR count). The van der Waals surface area contributed by atoms with Gasteiger partial charge in [0.05, 0.1) is 36.9 Å². The van der Waals surface area contributed by atoms with Crippen LogP contribution in [0.3, 0.4) is 0 Å². The lowest BCUT2D eigenvalue weighted by Crippen LogP contribution is -2.60. The maximum Gasteiger partial charge on any atom is 0.410 e. The minimum atomic E-state index is -0.320. The highest BCUT2D eigenvalue weighted by Gasteiger charge is 2.44. The Morgan fingerprint density at radius 1 is 0.791 bits per heavy atom. The second-order valence-corrected chi connectivity index (χ2v) is 11.7. The topological polar surface area (TPSA) is 79.6 Å². The first-order valence-corrected chi connectivity index (χ1v) is 14.9. The molecule has 0 spiro atoms. The summed E-state index contributed by atoms with van der Waals surface area (Å²) in [6, 6.07) is 33.9. The fraction of sp³-hybridized carbons (Fsp3) is 0.270. The van der Waals surface area contributed by atoms with E-state index in [9.17, 15) is 14.9 Å². The molecule has 0 radical (unpaired) electrons. The number of hydrogen-bond donors (Lipinski definition) is 0. The van der Waals surface area contributed by atoms with Gasteiger partial charge in [-0.2, -0.15) is 5.26 Å². The number of hydrogen-bond acceptors (Lipinski definition) is 5. The van der Waals surface area contributed by atoms with Gasteiger partial charge in [-0.3, -0.25) is 9.69 Å². The van der Waals surface area contributed by atoms with Crippen molar-refractivity contribution in [1.29, 1.82) is 5.26 Å². The lowest BCUT2D eigenvalue weighted by molar-refractivity contribution is -0.130. The molecule has 0 N–H and O–H groups in total. The second-order valence-electron chi connectivity index (χ2n) is 11.7. The highest BCUT2D eigenvalue weighted by molar-refractivity contribution is 5.84. The van der Waals surface area contributed by atoms with E-state index >= 15 is 0 Å². The van der Waals surface area contributed by atoms with Crippen molar-refractivity contribution < 1.29 is 19.1 Å². The zero-order chi connectivity index (χ0) is 29.3. The number of carbonyl (C=O) groups is 2. The van der Waals surface area contributed by atoms with Crippen molar-refractivity contribution in [3.8, 4) is 28.3 Å². The van der Waals surface area contributed by atoms with Crippen LogP contribution < -0.4 is 0 Å². The number of Topliss-reactive ketones (excluding diaryl/α,β-unsaturated/α-hetero) is 1. The fourth-order valence-electron chi connectivity index (χ4n) is 7.12. The molecule has 3 aliphatic rings. The summed E-state index contributed by atoms with van der Waals surface area (Å²) in [6.45, 7) is 1.11. The van der Waals surface area contributed by atoms with Crippen molar-refractivity contribution in [3.05, 3.63) is 119 Å². The van der Waals surface area contributed by atoms with Gasteiger partial charge in [-0.05, 0) is 57.9 Å². The van der Waals surface area contributed by atoms with E-state index in [2.05, 4.69) is 30.3 Å². The summed E-state index contributed by atoms with van der Waals surface area (Å²) in [5.41, 5.74) is 8.19. The normalized spacial score (nSPS) is 20.5. The number of ketones is 1. The second kappa shape index (κ2) is 11.5. The first-order chi connectivity index (χ1) is 21.1. The molecule has 0 saturated carbocycles. The SMILES string of the molecule is N#Cc1ccccc1-c1ccc(CC(=O)C2CC3COCC(C2)N3C(=O)OCC2c3ccccc3-c3ccccc32)cc1. The molecule has 0 aromatic heterocycles. The molecule has 4 aromatic carbocycles. The average molecular weight is 569 g/mol. The van der Waals surface area contributed by atoms with Crippen LogP contribution in [0.15, 0.2) is 97.1 Å². The molecule has 6 nitrogen and oxygen atoms in total. The molecule has 43 heavy (non-hydrogen) atoms. The highest BCUT2D eigenvalue weighted by atomic mass is 16.6. The molecule has 2 fully saturated rings. The summed E-state index contributed by atoms with van der Waals surface area (Å²) < 4.78 is 11.8. The fourth-order valence-corrected chi connectivity index (χ4v) is 7.12. The minimum Gasteiger partial charge on any atom is -0.448 e. The number of benzene rings is 4. The molecular weight excluding hydrogens is 536 g/mol.